The van der Waals surface area contributed by atoms with Gasteiger partial charge in [0.15, 0.2) is 0 Å². The molecule has 4 heteroatoms. The molecule has 0 aliphatic rings. The van der Waals surface area contributed by atoms with E-state index in [9.17, 15) is 4.79 Å². The first-order valence-corrected chi connectivity index (χ1v) is 5.37. The van der Waals surface area contributed by atoms with Crippen LogP contribution in [-0.4, -0.2) is 11.1 Å². The van der Waals surface area contributed by atoms with Gasteiger partial charge in [-0.15, -0.1) is 0 Å². The van der Waals surface area contributed by atoms with Gasteiger partial charge in [-0.25, -0.2) is 0 Å². The van der Waals surface area contributed by atoms with Gasteiger partial charge in [0.1, 0.15) is 11.3 Å². The number of aromatic nitrogens is 1. The van der Waals surface area contributed by atoms with Crippen LogP contribution in [0.2, 0.25) is 0 Å². The second-order valence-corrected chi connectivity index (χ2v) is 4.13. The van der Waals surface area contributed by atoms with E-state index in [1.165, 1.54) is 6.20 Å². The zero-order valence-corrected chi connectivity index (χ0v) is 10.1. The van der Waals surface area contributed by atoms with Crippen LogP contribution in [0.3, 0.4) is 0 Å². The fraction of sp³-hybridized carbons (Fsp3) is 0.231. The van der Waals surface area contributed by atoms with Gasteiger partial charge in [0.2, 0.25) is 0 Å². The third kappa shape index (κ3) is 2.53. The highest BCUT2D eigenvalue weighted by Gasteiger charge is 2.12. The molecule has 0 radical (unpaired) electrons. The Morgan fingerprint density at radius 2 is 1.82 bits per heavy atom. The molecule has 2 rings (SSSR count). The number of hydrogen-bond donors (Lipinski definition) is 1. The lowest BCUT2D eigenvalue weighted by molar-refractivity contribution is 0.102. The van der Waals surface area contributed by atoms with Crippen LogP contribution in [0.15, 0.2) is 28.9 Å². The molecular weight excluding hydrogens is 216 g/mol. The summed E-state index contributed by atoms with van der Waals surface area (Å²) in [4.78, 5) is 11.9. The highest BCUT2D eigenvalue weighted by atomic mass is 16.5. The van der Waals surface area contributed by atoms with Crippen molar-refractivity contribution in [1.29, 1.82) is 0 Å². The van der Waals surface area contributed by atoms with Gasteiger partial charge in [0.05, 0.1) is 6.20 Å². The Kier molecular flexibility index (Phi) is 2.95. The molecule has 1 aromatic carbocycles. The van der Waals surface area contributed by atoms with Crippen molar-refractivity contribution in [1.82, 2.24) is 5.16 Å². The number of aryl methyl sites for hydroxylation is 3. The minimum Gasteiger partial charge on any atom is -0.361 e. The van der Waals surface area contributed by atoms with Crippen LogP contribution in [0.4, 0.5) is 5.69 Å². The fourth-order valence-electron chi connectivity index (χ4n) is 1.76. The summed E-state index contributed by atoms with van der Waals surface area (Å²) in [7, 11) is 0. The summed E-state index contributed by atoms with van der Waals surface area (Å²) in [5.41, 5.74) is 3.47. The lowest BCUT2D eigenvalue weighted by Crippen LogP contribution is -2.12. The van der Waals surface area contributed by atoms with Crippen LogP contribution in [0, 0.1) is 20.8 Å². The molecule has 1 heterocycles. The Labute approximate surface area is 99.6 Å². The zero-order chi connectivity index (χ0) is 12.4. The van der Waals surface area contributed by atoms with Crippen LogP contribution >= 0.6 is 0 Å². The molecule has 1 amide bonds. The van der Waals surface area contributed by atoms with E-state index in [1.54, 1.807) is 6.92 Å². The van der Waals surface area contributed by atoms with Crippen molar-refractivity contribution in [3.05, 3.63) is 46.8 Å². The summed E-state index contributed by atoms with van der Waals surface area (Å²) < 4.78 is 4.86. The third-order valence-corrected chi connectivity index (χ3v) is 2.47. The minimum absolute atomic E-state index is 0.200. The lowest BCUT2D eigenvalue weighted by Gasteiger charge is -2.06. The molecule has 1 N–H and O–H groups in total. The lowest BCUT2D eigenvalue weighted by atomic mass is 10.1. The van der Waals surface area contributed by atoms with E-state index in [4.69, 9.17) is 4.52 Å². The molecule has 0 saturated carbocycles. The summed E-state index contributed by atoms with van der Waals surface area (Å²) in [6.07, 6.45) is 1.42. The maximum atomic E-state index is 11.9. The highest BCUT2D eigenvalue weighted by molar-refractivity contribution is 6.04. The fourth-order valence-corrected chi connectivity index (χ4v) is 1.76. The van der Waals surface area contributed by atoms with Gasteiger partial charge >= 0.3 is 0 Å². The average molecular weight is 230 g/mol. The average Bonchev–Trinajstić information content (AvgIpc) is 2.62. The number of nitrogens with zero attached hydrogens (tertiary/aromatic N) is 1. The van der Waals surface area contributed by atoms with E-state index < -0.39 is 0 Å². The molecular formula is C13H14N2O2. The standard InChI is InChI=1S/C13H14N2O2/c1-8-4-9(2)6-11(5-8)15-13(16)12-7-14-17-10(12)3/h4-7H,1-3H3,(H,15,16). The maximum Gasteiger partial charge on any atom is 0.260 e. The summed E-state index contributed by atoms with van der Waals surface area (Å²) in [6, 6.07) is 5.90. The first kappa shape index (κ1) is 11.4. The number of nitrogens with one attached hydrogen (secondary N) is 1. The Morgan fingerprint density at radius 3 is 2.35 bits per heavy atom. The molecule has 0 spiro atoms. The van der Waals surface area contributed by atoms with Crippen molar-refractivity contribution in [2.45, 2.75) is 20.8 Å². The van der Waals surface area contributed by atoms with E-state index >= 15 is 0 Å². The van der Waals surface area contributed by atoms with Crippen molar-refractivity contribution in [2.75, 3.05) is 5.32 Å². The topological polar surface area (TPSA) is 55.1 Å². The van der Waals surface area contributed by atoms with Gasteiger partial charge in [-0.2, -0.15) is 0 Å². The Bertz CT molecular complexity index is 538. The second kappa shape index (κ2) is 4.41. The van der Waals surface area contributed by atoms with Gasteiger partial charge in [-0.05, 0) is 44.0 Å². The monoisotopic (exact) mass is 230 g/mol. The summed E-state index contributed by atoms with van der Waals surface area (Å²) in [5, 5.41) is 6.41. The van der Waals surface area contributed by atoms with E-state index in [-0.39, 0.29) is 5.91 Å². The molecule has 0 fully saturated rings. The molecule has 2 aromatic rings. The highest BCUT2D eigenvalue weighted by Crippen LogP contribution is 2.15. The van der Waals surface area contributed by atoms with Crippen LogP contribution < -0.4 is 5.32 Å². The molecule has 1 aromatic heterocycles. The minimum atomic E-state index is -0.200. The van der Waals surface area contributed by atoms with Crippen molar-refractivity contribution >= 4 is 11.6 Å². The van der Waals surface area contributed by atoms with E-state index in [0.29, 0.717) is 11.3 Å². The molecule has 0 saturated heterocycles. The van der Waals surface area contributed by atoms with Crippen molar-refractivity contribution < 1.29 is 9.32 Å². The number of benzene rings is 1. The van der Waals surface area contributed by atoms with Crippen LogP contribution in [0.5, 0.6) is 0 Å². The Balaban J connectivity index is 2.21. The van der Waals surface area contributed by atoms with Gasteiger partial charge < -0.3 is 9.84 Å². The molecule has 0 atom stereocenters. The van der Waals surface area contributed by atoms with E-state index in [2.05, 4.69) is 16.5 Å². The van der Waals surface area contributed by atoms with Crippen LogP contribution in [0.25, 0.3) is 0 Å². The quantitative estimate of drug-likeness (QED) is 0.863. The molecule has 0 unspecified atom stereocenters. The SMILES string of the molecule is Cc1cc(C)cc(NC(=O)c2cnoc2C)c1. The van der Waals surface area contributed by atoms with Crippen molar-refractivity contribution in [2.24, 2.45) is 0 Å². The molecule has 4 nitrogen and oxygen atoms in total. The normalized spacial score (nSPS) is 10.3. The van der Waals surface area contributed by atoms with Gasteiger partial charge in [-0.1, -0.05) is 11.2 Å². The van der Waals surface area contributed by atoms with E-state index in [0.717, 1.165) is 16.8 Å². The molecule has 17 heavy (non-hydrogen) atoms. The zero-order valence-electron chi connectivity index (χ0n) is 10.1. The molecule has 0 aliphatic carbocycles. The third-order valence-electron chi connectivity index (χ3n) is 2.47. The maximum absolute atomic E-state index is 11.9. The smallest absolute Gasteiger partial charge is 0.260 e. The number of hydrogen-bond acceptors (Lipinski definition) is 3. The number of anilines is 1. The summed E-state index contributed by atoms with van der Waals surface area (Å²) in [6.45, 7) is 5.70. The molecule has 0 aliphatic heterocycles. The van der Waals surface area contributed by atoms with Gasteiger partial charge in [-0.3, -0.25) is 4.79 Å². The Hall–Kier alpha value is -2.10. The van der Waals surface area contributed by atoms with Gasteiger partial charge in [0.25, 0.3) is 5.91 Å². The number of carbonyl (C=O) groups excluding carboxylic acids is 1. The van der Waals surface area contributed by atoms with Crippen molar-refractivity contribution in [3.8, 4) is 0 Å². The summed E-state index contributed by atoms with van der Waals surface area (Å²) >= 11 is 0. The number of carbonyl (C=O) groups is 1. The van der Waals surface area contributed by atoms with Crippen LogP contribution in [-0.2, 0) is 0 Å². The Morgan fingerprint density at radius 1 is 1.18 bits per heavy atom. The number of rotatable bonds is 2. The molecule has 88 valence electrons. The first-order chi connectivity index (χ1) is 8.06. The summed E-state index contributed by atoms with van der Waals surface area (Å²) in [5.74, 6) is 0.320. The van der Waals surface area contributed by atoms with E-state index in [1.807, 2.05) is 26.0 Å². The first-order valence-electron chi connectivity index (χ1n) is 5.37. The van der Waals surface area contributed by atoms with Crippen LogP contribution in [0.1, 0.15) is 27.2 Å². The van der Waals surface area contributed by atoms with Crippen molar-refractivity contribution in [3.63, 3.8) is 0 Å². The second-order valence-electron chi connectivity index (χ2n) is 4.13. The number of amides is 1. The predicted octanol–water partition coefficient (Wildman–Crippen LogP) is 2.85. The molecule has 0 bridgehead atoms. The largest absolute Gasteiger partial charge is 0.361 e. The predicted molar refractivity (Wildman–Crippen MR) is 65.1 cm³/mol. The van der Waals surface area contributed by atoms with Gasteiger partial charge in [0, 0.05) is 5.69 Å².